The molecule has 2 aliphatic rings. The van der Waals surface area contributed by atoms with Gasteiger partial charge in [-0.2, -0.15) is 0 Å². The molecule has 1 aromatic rings. The zero-order chi connectivity index (χ0) is 11.9. The SMILES string of the molecule is COc1ccc2c(c1C1(CN)CCC1)COC2. The van der Waals surface area contributed by atoms with Crippen LogP contribution in [0.15, 0.2) is 12.1 Å². The van der Waals surface area contributed by atoms with Crippen molar-refractivity contribution in [3.8, 4) is 5.75 Å². The molecule has 1 aliphatic carbocycles. The van der Waals surface area contributed by atoms with Gasteiger partial charge in [-0.3, -0.25) is 0 Å². The Kier molecular flexibility index (Phi) is 2.60. The molecule has 1 aromatic carbocycles. The molecule has 1 aliphatic heterocycles. The highest BCUT2D eigenvalue weighted by molar-refractivity contribution is 5.51. The molecule has 0 spiro atoms. The predicted octanol–water partition coefficient (Wildman–Crippen LogP) is 2.11. The van der Waals surface area contributed by atoms with E-state index in [0.717, 1.165) is 12.4 Å². The molecule has 0 radical (unpaired) electrons. The number of methoxy groups -OCH3 is 1. The number of nitrogens with two attached hydrogens (primary N) is 1. The van der Waals surface area contributed by atoms with E-state index in [-0.39, 0.29) is 5.41 Å². The standard InChI is InChI=1S/C14H19NO2/c1-16-12-4-3-10-7-17-8-11(10)13(12)14(9-15)5-2-6-14/h3-4H,2,5-9,15H2,1H3. The minimum atomic E-state index is 0.143. The first kappa shape index (κ1) is 11.1. The van der Waals surface area contributed by atoms with Crippen LogP contribution in [0.2, 0.25) is 0 Å². The van der Waals surface area contributed by atoms with E-state index >= 15 is 0 Å². The minimum Gasteiger partial charge on any atom is -0.496 e. The first-order valence-electron chi connectivity index (χ1n) is 6.28. The van der Waals surface area contributed by atoms with Crippen molar-refractivity contribution >= 4 is 0 Å². The van der Waals surface area contributed by atoms with E-state index in [1.165, 1.54) is 36.0 Å². The van der Waals surface area contributed by atoms with Crippen molar-refractivity contribution in [3.63, 3.8) is 0 Å². The molecule has 0 saturated heterocycles. The average molecular weight is 233 g/mol. The van der Waals surface area contributed by atoms with Crippen molar-refractivity contribution < 1.29 is 9.47 Å². The Balaban J connectivity index is 2.16. The summed E-state index contributed by atoms with van der Waals surface area (Å²) in [6.45, 7) is 2.15. The molecule has 3 nitrogen and oxygen atoms in total. The van der Waals surface area contributed by atoms with Gasteiger partial charge in [0.05, 0.1) is 20.3 Å². The Hall–Kier alpha value is -1.06. The van der Waals surface area contributed by atoms with Crippen molar-refractivity contribution in [3.05, 3.63) is 28.8 Å². The van der Waals surface area contributed by atoms with E-state index < -0.39 is 0 Å². The molecule has 17 heavy (non-hydrogen) atoms. The van der Waals surface area contributed by atoms with E-state index in [1.807, 2.05) is 0 Å². The number of hydrogen-bond donors (Lipinski definition) is 1. The number of benzene rings is 1. The van der Waals surface area contributed by atoms with Crippen molar-refractivity contribution in [2.24, 2.45) is 5.73 Å². The largest absolute Gasteiger partial charge is 0.496 e. The lowest BCUT2D eigenvalue weighted by Gasteiger charge is -2.43. The molecule has 0 unspecified atom stereocenters. The van der Waals surface area contributed by atoms with Gasteiger partial charge in [-0.25, -0.2) is 0 Å². The van der Waals surface area contributed by atoms with E-state index in [4.69, 9.17) is 15.2 Å². The Labute approximate surface area is 102 Å². The Morgan fingerprint density at radius 1 is 1.35 bits per heavy atom. The van der Waals surface area contributed by atoms with Gasteiger partial charge in [-0.05, 0) is 30.0 Å². The summed E-state index contributed by atoms with van der Waals surface area (Å²) in [5.41, 5.74) is 10.1. The van der Waals surface area contributed by atoms with Crippen LogP contribution in [0.5, 0.6) is 5.75 Å². The highest BCUT2D eigenvalue weighted by atomic mass is 16.5. The van der Waals surface area contributed by atoms with Crippen LogP contribution in [0.1, 0.15) is 36.0 Å². The predicted molar refractivity (Wildman–Crippen MR) is 66.1 cm³/mol. The maximum absolute atomic E-state index is 6.02. The lowest BCUT2D eigenvalue weighted by molar-refractivity contribution is 0.132. The molecule has 1 saturated carbocycles. The van der Waals surface area contributed by atoms with Gasteiger partial charge in [0.2, 0.25) is 0 Å². The van der Waals surface area contributed by atoms with Gasteiger partial charge in [0.15, 0.2) is 0 Å². The molecule has 92 valence electrons. The van der Waals surface area contributed by atoms with Crippen LogP contribution >= 0.6 is 0 Å². The second kappa shape index (κ2) is 4.00. The minimum absolute atomic E-state index is 0.143. The summed E-state index contributed by atoms with van der Waals surface area (Å²) in [6.07, 6.45) is 3.62. The summed E-state index contributed by atoms with van der Waals surface area (Å²) in [7, 11) is 1.74. The monoisotopic (exact) mass is 233 g/mol. The molecule has 1 heterocycles. The van der Waals surface area contributed by atoms with Gasteiger partial charge in [0.25, 0.3) is 0 Å². The normalized spacial score (nSPS) is 20.8. The third-order valence-corrected chi connectivity index (χ3v) is 4.33. The zero-order valence-electron chi connectivity index (χ0n) is 10.3. The van der Waals surface area contributed by atoms with Gasteiger partial charge >= 0.3 is 0 Å². The fourth-order valence-corrected chi connectivity index (χ4v) is 3.14. The van der Waals surface area contributed by atoms with Crippen LogP contribution in [0.3, 0.4) is 0 Å². The van der Waals surface area contributed by atoms with Crippen LogP contribution in [0, 0.1) is 0 Å². The smallest absolute Gasteiger partial charge is 0.123 e. The Morgan fingerprint density at radius 3 is 2.76 bits per heavy atom. The van der Waals surface area contributed by atoms with Gasteiger partial charge < -0.3 is 15.2 Å². The van der Waals surface area contributed by atoms with Crippen molar-refractivity contribution in [1.82, 2.24) is 0 Å². The zero-order valence-corrected chi connectivity index (χ0v) is 10.3. The van der Waals surface area contributed by atoms with Crippen molar-refractivity contribution in [2.75, 3.05) is 13.7 Å². The maximum Gasteiger partial charge on any atom is 0.123 e. The van der Waals surface area contributed by atoms with Gasteiger partial charge in [0, 0.05) is 17.5 Å². The lowest BCUT2D eigenvalue weighted by atomic mass is 9.63. The number of fused-ring (bicyclic) bond motifs is 1. The molecule has 3 heteroatoms. The van der Waals surface area contributed by atoms with E-state index in [1.54, 1.807) is 7.11 Å². The first-order chi connectivity index (χ1) is 8.30. The van der Waals surface area contributed by atoms with Gasteiger partial charge in [-0.15, -0.1) is 0 Å². The quantitative estimate of drug-likeness (QED) is 0.869. The molecule has 2 N–H and O–H groups in total. The number of hydrogen-bond acceptors (Lipinski definition) is 3. The van der Waals surface area contributed by atoms with Crippen LogP contribution in [0.25, 0.3) is 0 Å². The Morgan fingerprint density at radius 2 is 2.18 bits per heavy atom. The van der Waals surface area contributed by atoms with E-state index in [0.29, 0.717) is 13.2 Å². The highest BCUT2D eigenvalue weighted by Crippen LogP contribution is 2.49. The van der Waals surface area contributed by atoms with Gasteiger partial charge in [-0.1, -0.05) is 12.5 Å². The molecule has 3 rings (SSSR count). The molecule has 0 atom stereocenters. The molecular formula is C14H19NO2. The summed E-state index contributed by atoms with van der Waals surface area (Å²) in [5, 5.41) is 0. The summed E-state index contributed by atoms with van der Waals surface area (Å²) in [6, 6.07) is 4.19. The molecular weight excluding hydrogens is 214 g/mol. The maximum atomic E-state index is 6.02. The number of ether oxygens (including phenoxy) is 2. The molecule has 1 fully saturated rings. The topological polar surface area (TPSA) is 44.5 Å². The first-order valence-corrected chi connectivity index (χ1v) is 6.28. The lowest BCUT2D eigenvalue weighted by Crippen LogP contribution is -2.42. The van der Waals surface area contributed by atoms with E-state index in [9.17, 15) is 0 Å². The van der Waals surface area contributed by atoms with Crippen LogP contribution in [-0.2, 0) is 23.4 Å². The third-order valence-electron chi connectivity index (χ3n) is 4.33. The van der Waals surface area contributed by atoms with E-state index in [2.05, 4.69) is 12.1 Å². The average Bonchev–Trinajstić information content (AvgIpc) is 2.76. The summed E-state index contributed by atoms with van der Waals surface area (Å²) in [4.78, 5) is 0. The van der Waals surface area contributed by atoms with Gasteiger partial charge in [0.1, 0.15) is 5.75 Å². The third kappa shape index (κ3) is 1.49. The Bertz CT molecular complexity index is 433. The highest BCUT2D eigenvalue weighted by Gasteiger charge is 2.42. The van der Waals surface area contributed by atoms with Crippen molar-refractivity contribution in [2.45, 2.75) is 37.9 Å². The van der Waals surface area contributed by atoms with Crippen LogP contribution in [0.4, 0.5) is 0 Å². The second-order valence-corrected chi connectivity index (χ2v) is 5.11. The summed E-state index contributed by atoms with van der Waals surface area (Å²) in [5.74, 6) is 0.986. The molecule has 0 amide bonds. The molecule has 0 bridgehead atoms. The second-order valence-electron chi connectivity index (χ2n) is 5.11. The van der Waals surface area contributed by atoms with Crippen LogP contribution in [-0.4, -0.2) is 13.7 Å². The summed E-state index contributed by atoms with van der Waals surface area (Å²) < 4.78 is 11.1. The fourth-order valence-electron chi connectivity index (χ4n) is 3.14. The fraction of sp³-hybridized carbons (Fsp3) is 0.571. The number of rotatable bonds is 3. The summed E-state index contributed by atoms with van der Waals surface area (Å²) >= 11 is 0. The van der Waals surface area contributed by atoms with Crippen LogP contribution < -0.4 is 10.5 Å². The van der Waals surface area contributed by atoms with Crippen molar-refractivity contribution in [1.29, 1.82) is 0 Å². The molecule has 0 aromatic heterocycles.